The van der Waals surface area contributed by atoms with E-state index in [-0.39, 0.29) is 11.9 Å². The van der Waals surface area contributed by atoms with Crippen LogP contribution in [0.1, 0.15) is 25.0 Å². The molecule has 1 amide bonds. The molecule has 0 aliphatic heterocycles. The molecule has 2 aromatic carbocycles. The van der Waals surface area contributed by atoms with E-state index in [9.17, 15) is 4.79 Å². The highest BCUT2D eigenvalue weighted by atomic mass is 16.5. The van der Waals surface area contributed by atoms with Gasteiger partial charge in [0.15, 0.2) is 6.10 Å². The van der Waals surface area contributed by atoms with Gasteiger partial charge in [-0.2, -0.15) is 0 Å². The lowest BCUT2D eigenvalue weighted by Gasteiger charge is -2.19. The van der Waals surface area contributed by atoms with Gasteiger partial charge in [0.25, 0.3) is 5.91 Å². The first kappa shape index (κ1) is 19.6. The zero-order valence-electron chi connectivity index (χ0n) is 16.0. The van der Waals surface area contributed by atoms with E-state index in [0.29, 0.717) is 12.4 Å². The van der Waals surface area contributed by atoms with Crippen LogP contribution in [0.5, 0.6) is 17.2 Å². The second kappa shape index (κ2) is 9.13. The van der Waals surface area contributed by atoms with Crippen molar-refractivity contribution >= 4 is 5.91 Å². The normalized spacial score (nSPS) is 12.8. The molecule has 2 unspecified atom stereocenters. The summed E-state index contributed by atoms with van der Waals surface area (Å²) in [7, 11) is 1.62. The standard InChI is InChI=1S/C21H27NO4/c1-14-6-7-20(12-15(14)2)26-17(4)21(23)22-16(3)13-25-19-10-8-18(24-5)9-11-19/h6-12,16-17H,13H2,1-5H3,(H,22,23). The number of ether oxygens (including phenoxy) is 3. The fraction of sp³-hybridized carbons (Fsp3) is 0.381. The Kier molecular flexibility index (Phi) is 6.89. The van der Waals surface area contributed by atoms with Gasteiger partial charge in [0.05, 0.1) is 13.2 Å². The van der Waals surface area contributed by atoms with Gasteiger partial charge >= 0.3 is 0 Å². The van der Waals surface area contributed by atoms with Crippen molar-refractivity contribution in [3.63, 3.8) is 0 Å². The van der Waals surface area contributed by atoms with Gasteiger partial charge in [-0.05, 0) is 75.2 Å². The highest BCUT2D eigenvalue weighted by Gasteiger charge is 2.17. The number of aryl methyl sites for hydroxylation is 2. The van der Waals surface area contributed by atoms with Gasteiger partial charge in [-0.3, -0.25) is 4.79 Å². The van der Waals surface area contributed by atoms with E-state index in [1.807, 2.05) is 63.2 Å². The smallest absolute Gasteiger partial charge is 0.261 e. The number of carbonyl (C=O) groups is 1. The summed E-state index contributed by atoms with van der Waals surface area (Å²) in [5.74, 6) is 2.02. The first-order chi connectivity index (χ1) is 12.4. The lowest BCUT2D eigenvalue weighted by atomic mass is 10.1. The van der Waals surface area contributed by atoms with Crippen molar-refractivity contribution in [2.24, 2.45) is 0 Å². The van der Waals surface area contributed by atoms with Crippen molar-refractivity contribution in [3.05, 3.63) is 53.6 Å². The van der Waals surface area contributed by atoms with Crippen molar-refractivity contribution in [1.82, 2.24) is 5.32 Å². The topological polar surface area (TPSA) is 56.8 Å². The molecule has 5 nitrogen and oxygen atoms in total. The van der Waals surface area contributed by atoms with Gasteiger partial charge in [-0.1, -0.05) is 6.07 Å². The largest absolute Gasteiger partial charge is 0.497 e. The molecule has 0 fully saturated rings. The lowest BCUT2D eigenvalue weighted by Crippen LogP contribution is -2.43. The van der Waals surface area contributed by atoms with Crippen LogP contribution in [-0.4, -0.2) is 31.8 Å². The van der Waals surface area contributed by atoms with Gasteiger partial charge in [0.1, 0.15) is 23.9 Å². The van der Waals surface area contributed by atoms with Crippen LogP contribution in [0.2, 0.25) is 0 Å². The number of rotatable bonds is 8. The maximum absolute atomic E-state index is 12.3. The van der Waals surface area contributed by atoms with E-state index in [2.05, 4.69) is 5.32 Å². The predicted octanol–water partition coefficient (Wildman–Crippen LogP) is 3.66. The molecule has 0 aromatic heterocycles. The summed E-state index contributed by atoms with van der Waals surface area (Å²) in [6, 6.07) is 13.0. The highest BCUT2D eigenvalue weighted by molar-refractivity contribution is 5.81. The summed E-state index contributed by atoms with van der Waals surface area (Å²) in [6.07, 6.45) is -0.583. The van der Waals surface area contributed by atoms with Crippen LogP contribution in [0.15, 0.2) is 42.5 Å². The molecule has 2 rings (SSSR count). The van der Waals surface area contributed by atoms with Crippen LogP contribution in [0.4, 0.5) is 0 Å². The summed E-state index contributed by atoms with van der Waals surface area (Å²) in [6.45, 7) is 8.06. The van der Waals surface area contributed by atoms with Crippen molar-refractivity contribution in [2.75, 3.05) is 13.7 Å². The molecule has 0 saturated heterocycles. The molecule has 0 spiro atoms. The molecule has 2 aromatic rings. The third-order valence-electron chi connectivity index (χ3n) is 4.11. The number of methoxy groups -OCH3 is 1. The fourth-order valence-electron chi connectivity index (χ4n) is 2.34. The van der Waals surface area contributed by atoms with Crippen molar-refractivity contribution in [3.8, 4) is 17.2 Å². The molecule has 0 bridgehead atoms. The Morgan fingerprint density at radius 1 is 0.962 bits per heavy atom. The quantitative estimate of drug-likeness (QED) is 0.783. The number of nitrogens with one attached hydrogen (secondary N) is 1. The summed E-state index contributed by atoms with van der Waals surface area (Å²) >= 11 is 0. The summed E-state index contributed by atoms with van der Waals surface area (Å²) < 4.78 is 16.5. The Balaban J connectivity index is 1.80. The number of benzene rings is 2. The lowest BCUT2D eigenvalue weighted by molar-refractivity contribution is -0.128. The average Bonchev–Trinajstić information content (AvgIpc) is 2.63. The minimum Gasteiger partial charge on any atom is -0.497 e. The molecule has 1 N–H and O–H groups in total. The minimum atomic E-state index is -0.583. The number of hydrogen-bond acceptors (Lipinski definition) is 4. The molecular formula is C21H27NO4. The summed E-state index contributed by atoms with van der Waals surface area (Å²) in [5, 5.41) is 2.91. The van der Waals surface area contributed by atoms with E-state index in [1.165, 1.54) is 5.56 Å². The zero-order chi connectivity index (χ0) is 19.1. The zero-order valence-corrected chi connectivity index (χ0v) is 16.0. The summed E-state index contributed by atoms with van der Waals surface area (Å²) in [4.78, 5) is 12.3. The molecule has 0 aliphatic carbocycles. The maximum Gasteiger partial charge on any atom is 0.261 e. The number of carbonyl (C=O) groups excluding carboxylic acids is 1. The Morgan fingerprint density at radius 3 is 2.19 bits per heavy atom. The average molecular weight is 357 g/mol. The Hall–Kier alpha value is -2.69. The van der Waals surface area contributed by atoms with E-state index in [1.54, 1.807) is 14.0 Å². The first-order valence-electron chi connectivity index (χ1n) is 8.70. The molecule has 0 radical (unpaired) electrons. The third-order valence-corrected chi connectivity index (χ3v) is 4.11. The minimum absolute atomic E-state index is 0.143. The van der Waals surface area contributed by atoms with Gasteiger partial charge in [0, 0.05) is 0 Å². The SMILES string of the molecule is COc1ccc(OCC(C)NC(=O)C(C)Oc2ccc(C)c(C)c2)cc1. The van der Waals surface area contributed by atoms with Crippen LogP contribution in [0, 0.1) is 13.8 Å². The Bertz CT molecular complexity index is 727. The predicted molar refractivity (Wildman–Crippen MR) is 102 cm³/mol. The summed E-state index contributed by atoms with van der Waals surface area (Å²) in [5.41, 5.74) is 2.33. The molecule has 0 heterocycles. The van der Waals surface area contributed by atoms with Crippen LogP contribution in [-0.2, 0) is 4.79 Å². The van der Waals surface area contributed by atoms with Crippen LogP contribution < -0.4 is 19.5 Å². The monoisotopic (exact) mass is 357 g/mol. The van der Waals surface area contributed by atoms with Gasteiger partial charge in [-0.15, -0.1) is 0 Å². The van der Waals surface area contributed by atoms with E-state index < -0.39 is 6.10 Å². The van der Waals surface area contributed by atoms with Crippen molar-refractivity contribution < 1.29 is 19.0 Å². The van der Waals surface area contributed by atoms with Gasteiger partial charge in [-0.25, -0.2) is 0 Å². The fourth-order valence-corrected chi connectivity index (χ4v) is 2.34. The molecule has 140 valence electrons. The molecule has 0 saturated carbocycles. The van der Waals surface area contributed by atoms with E-state index in [0.717, 1.165) is 17.1 Å². The van der Waals surface area contributed by atoms with E-state index >= 15 is 0 Å². The van der Waals surface area contributed by atoms with Crippen LogP contribution in [0.3, 0.4) is 0 Å². The van der Waals surface area contributed by atoms with Gasteiger partial charge < -0.3 is 19.5 Å². The third kappa shape index (κ3) is 5.69. The molecule has 2 atom stereocenters. The Morgan fingerprint density at radius 2 is 1.58 bits per heavy atom. The van der Waals surface area contributed by atoms with E-state index in [4.69, 9.17) is 14.2 Å². The second-order valence-electron chi connectivity index (χ2n) is 6.40. The Labute approximate surface area is 155 Å². The number of amides is 1. The molecule has 26 heavy (non-hydrogen) atoms. The maximum atomic E-state index is 12.3. The molecule has 5 heteroatoms. The first-order valence-corrected chi connectivity index (χ1v) is 8.70. The van der Waals surface area contributed by atoms with Crippen LogP contribution in [0.25, 0.3) is 0 Å². The van der Waals surface area contributed by atoms with Gasteiger partial charge in [0.2, 0.25) is 0 Å². The van der Waals surface area contributed by atoms with Crippen molar-refractivity contribution in [2.45, 2.75) is 39.8 Å². The van der Waals surface area contributed by atoms with Crippen molar-refractivity contribution in [1.29, 1.82) is 0 Å². The van der Waals surface area contributed by atoms with Crippen LogP contribution >= 0.6 is 0 Å². The highest BCUT2D eigenvalue weighted by Crippen LogP contribution is 2.18. The molecular weight excluding hydrogens is 330 g/mol. The number of hydrogen-bond donors (Lipinski definition) is 1. The second-order valence-corrected chi connectivity index (χ2v) is 6.40. The molecule has 0 aliphatic rings.